The van der Waals surface area contributed by atoms with Crippen molar-refractivity contribution in [2.24, 2.45) is 17.5 Å². The molecule has 54 heavy (non-hydrogen) atoms. The van der Waals surface area contributed by atoms with Gasteiger partial charge in [0.2, 0.25) is 5.75 Å². The normalized spacial score (nSPS) is 14.3. The van der Waals surface area contributed by atoms with Crippen molar-refractivity contribution in [2.75, 3.05) is 48.9 Å². The van der Waals surface area contributed by atoms with Crippen LogP contribution in [0.5, 0.6) is 34.5 Å². The number of benzene rings is 4. The van der Waals surface area contributed by atoms with Gasteiger partial charge in [0.15, 0.2) is 18.3 Å². The zero-order chi connectivity index (χ0) is 39.3. The molecule has 4 aromatic carbocycles. The largest absolute Gasteiger partial charge is 0.493 e. The summed E-state index contributed by atoms with van der Waals surface area (Å²) in [6, 6.07) is 27.7. The van der Waals surface area contributed by atoms with Gasteiger partial charge in [0.05, 0.1) is 40.5 Å². The van der Waals surface area contributed by atoms with Crippen molar-refractivity contribution in [3.8, 4) is 34.5 Å². The standard InChI is InChI=1S/C30H34N4O6.C9H12O3.CH4O/c1-37-20-39-25-12-13-27-22(15-25)10-11-23(18-38-19-35)29(27)33-30(36)28(31)17-34(32)16-21-6-5-9-26(14-21)40-24-7-3-2-4-8-24;1-10-7-5-4-6-8(11-2)9(7)12-3;1-2/h2-9,12-15,17,19,23,29H,10-11,16,18,20,31-32H2,1H3,(H,33,36);4-6H,1-3H3;2H,1H3/b28-17-;;. The minimum Gasteiger partial charge on any atom is -0.493 e. The van der Waals surface area contributed by atoms with Crippen molar-refractivity contribution < 1.29 is 47.9 Å². The van der Waals surface area contributed by atoms with Crippen molar-refractivity contribution >= 4 is 12.4 Å². The molecule has 14 heteroatoms. The van der Waals surface area contributed by atoms with E-state index in [-0.39, 0.29) is 25.0 Å². The summed E-state index contributed by atoms with van der Waals surface area (Å²) in [7, 11) is 7.33. The van der Waals surface area contributed by atoms with Gasteiger partial charge >= 0.3 is 0 Å². The number of hydrogen-bond acceptors (Lipinski definition) is 13. The van der Waals surface area contributed by atoms with Crippen molar-refractivity contribution in [2.45, 2.75) is 25.4 Å². The van der Waals surface area contributed by atoms with Gasteiger partial charge in [-0.2, -0.15) is 0 Å². The molecule has 5 rings (SSSR count). The van der Waals surface area contributed by atoms with Crippen LogP contribution in [0.1, 0.15) is 29.2 Å². The number of hydrogen-bond donors (Lipinski definition) is 4. The van der Waals surface area contributed by atoms with Gasteiger partial charge < -0.3 is 54.3 Å². The molecule has 2 atom stereocenters. The number of ether oxygens (including phenoxy) is 7. The molecule has 1 amide bonds. The smallest absolute Gasteiger partial charge is 0.293 e. The highest BCUT2D eigenvalue weighted by Crippen LogP contribution is 2.37. The molecule has 290 valence electrons. The Morgan fingerprint density at radius 1 is 0.870 bits per heavy atom. The van der Waals surface area contributed by atoms with E-state index in [9.17, 15) is 9.59 Å². The van der Waals surface area contributed by atoms with E-state index in [1.165, 1.54) is 11.2 Å². The van der Waals surface area contributed by atoms with Gasteiger partial charge in [-0.05, 0) is 78.1 Å². The van der Waals surface area contributed by atoms with Crippen molar-refractivity contribution in [3.63, 3.8) is 0 Å². The second-order valence-electron chi connectivity index (χ2n) is 11.6. The first kappa shape index (κ1) is 42.5. The maximum absolute atomic E-state index is 13.1. The number of rotatable bonds is 16. The summed E-state index contributed by atoms with van der Waals surface area (Å²) in [4.78, 5) is 24.0. The van der Waals surface area contributed by atoms with Crippen LogP contribution in [0.15, 0.2) is 103 Å². The van der Waals surface area contributed by atoms with Gasteiger partial charge in [0.1, 0.15) is 22.9 Å². The van der Waals surface area contributed by atoms with E-state index in [1.54, 1.807) is 28.4 Å². The lowest BCUT2D eigenvalue weighted by molar-refractivity contribution is -0.130. The summed E-state index contributed by atoms with van der Waals surface area (Å²) >= 11 is 0. The topological polar surface area (TPSA) is 186 Å². The lowest BCUT2D eigenvalue weighted by Crippen LogP contribution is -2.41. The van der Waals surface area contributed by atoms with Crippen molar-refractivity contribution in [1.82, 2.24) is 10.3 Å². The van der Waals surface area contributed by atoms with Gasteiger partial charge in [0.25, 0.3) is 12.4 Å². The average Bonchev–Trinajstić information content (AvgIpc) is 3.20. The number of nitrogens with two attached hydrogens (primary N) is 2. The lowest BCUT2D eigenvalue weighted by Gasteiger charge is -2.34. The van der Waals surface area contributed by atoms with E-state index in [4.69, 9.17) is 49.8 Å². The van der Waals surface area contributed by atoms with Crippen molar-refractivity contribution in [1.29, 1.82) is 0 Å². The SMILES string of the molecule is CO.COCOc1ccc2c(c1)CCC(COC=O)C2NC(=O)/C(N)=C/N(N)Cc1cccc(Oc2ccccc2)c1.COc1cccc(OC)c1OC. The Kier molecular flexibility index (Phi) is 18.0. The lowest BCUT2D eigenvalue weighted by atomic mass is 9.80. The highest BCUT2D eigenvalue weighted by atomic mass is 16.7. The maximum Gasteiger partial charge on any atom is 0.293 e. The summed E-state index contributed by atoms with van der Waals surface area (Å²) in [5.74, 6) is 9.62. The molecular formula is C40H50N4O10. The molecule has 1 aliphatic rings. The fraction of sp³-hybridized carbons (Fsp3) is 0.300. The molecule has 4 aromatic rings. The quantitative estimate of drug-likeness (QED) is 0.0401. The number of nitrogens with one attached hydrogen (secondary N) is 1. The predicted octanol–water partition coefficient (Wildman–Crippen LogP) is 4.85. The van der Waals surface area contributed by atoms with Crippen LogP contribution in [0, 0.1) is 5.92 Å². The molecule has 0 fully saturated rings. The molecule has 0 spiro atoms. The molecule has 0 heterocycles. The van der Waals surface area contributed by atoms with Gasteiger partial charge in [-0.25, -0.2) is 5.84 Å². The average molecular weight is 747 g/mol. The minimum absolute atomic E-state index is 0.0542. The number of aliphatic hydroxyl groups excluding tert-OH is 1. The fourth-order valence-corrected chi connectivity index (χ4v) is 5.69. The monoisotopic (exact) mass is 746 g/mol. The third-order valence-electron chi connectivity index (χ3n) is 8.11. The number of nitrogens with zero attached hydrogens (tertiary/aromatic N) is 1. The Morgan fingerprint density at radius 3 is 2.20 bits per heavy atom. The number of aryl methyl sites for hydroxylation is 1. The Bertz CT molecular complexity index is 1750. The maximum atomic E-state index is 13.1. The Hall–Kier alpha value is -5.96. The second-order valence-corrected chi connectivity index (χ2v) is 11.6. The number of hydrazine groups is 1. The van der Waals surface area contributed by atoms with E-state index in [2.05, 4.69) is 5.32 Å². The van der Waals surface area contributed by atoms with E-state index in [1.807, 2.05) is 91.0 Å². The van der Waals surface area contributed by atoms with Crippen LogP contribution in [0.3, 0.4) is 0 Å². The number of carbonyl (C=O) groups is 2. The number of fused-ring (bicyclic) bond motifs is 1. The van der Waals surface area contributed by atoms with E-state index < -0.39 is 11.9 Å². The number of aliphatic hydroxyl groups is 1. The van der Waals surface area contributed by atoms with Crippen LogP contribution in [0.2, 0.25) is 0 Å². The second kappa shape index (κ2) is 22.9. The molecule has 6 N–H and O–H groups in total. The van der Waals surface area contributed by atoms with Crippen LogP contribution in [0.25, 0.3) is 0 Å². The Morgan fingerprint density at radius 2 is 1.56 bits per heavy atom. The van der Waals surface area contributed by atoms with Crippen LogP contribution in [-0.4, -0.2) is 71.4 Å². The summed E-state index contributed by atoms with van der Waals surface area (Å²) in [6.45, 7) is 1.02. The number of carbonyl (C=O) groups excluding carboxylic acids is 2. The summed E-state index contributed by atoms with van der Waals surface area (Å²) in [5, 5.41) is 11.4. The predicted molar refractivity (Wildman–Crippen MR) is 203 cm³/mol. The van der Waals surface area contributed by atoms with Gasteiger partial charge in [-0.3, -0.25) is 9.59 Å². The van der Waals surface area contributed by atoms with Gasteiger partial charge in [-0.1, -0.05) is 42.5 Å². The Labute approximate surface area is 316 Å². The van der Waals surface area contributed by atoms with Crippen LogP contribution in [0.4, 0.5) is 0 Å². The summed E-state index contributed by atoms with van der Waals surface area (Å²) in [5.41, 5.74) is 8.91. The van der Waals surface area contributed by atoms with Crippen LogP contribution in [-0.2, 0) is 32.0 Å². The molecule has 0 aromatic heterocycles. The molecule has 0 saturated carbocycles. The first-order valence-corrected chi connectivity index (χ1v) is 16.9. The van der Waals surface area contributed by atoms with Crippen LogP contribution < -0.4 is 40.6 Å². The van der Waals surface area contributed by atoms with E-state index in [0.29, 0.717) is 48.2 Å². The highest BCUT2D eigenvalue weighted by molar-refractivity contribution is 5.92. The fourth-order valence-electron chi connectivity index (χ4n) is 5.69. The molecule has 0 radical (unpaired) electrons. The van der Waals surface area contributed by atoms with Crippen LogP contribution >= 0.6 is 0 Å². The first-order valence-electron chi connectivity index (χ1n) is 16.9. The molecule has 14 nitrogen and oxygen atoms in total. The molecule has 1 aliphatic carbocycles. The number of methoxy groups -OCH3 is 4. The highest BCUT2D eigenvalue weighted by Gasteiger charge is 2.32. The molecule has 0 saturated heterocycles. The Balaban J connectivity index is 0.000000473. The molecule has 0 bridgehead atoms. The first-order chi connectivity index (χ1) is 26.3. The van der Waals surface area contributed by atoms with Gasteiger partial charge in [0, 0.05) is 26.3 Å². The van der Waals surface area contributed by atoms with E-state index >= 15 is 0 Å². The number of amides is 1. The minimum atomic E-state index is -0.481. The number of para-hydroxylation sites is 2. The third-order valence-corrected chi connectivity index (χ3v) is 8.11. The summed E-state index contributed by atoms with van der Waals surface area (Å²) in [6.07, 6.45) is 2.84. The molecule has 2 unspecified atom stereocenters. The zero-order valence-electron chi connectivity index (χ0n) is 31.2. The van der Waals surface area contributed by atoms with Gasteiger partial charge in [-0.15, -0.1) is 0 Å². The van der Waals surface area contributed by atoms with E-state index in [0.717, 1.165) is 36.0 Å². The molecular weight excluding hydrogens is 696 g/mol. The summed E-state index contributed by atoms with van der Waals surface area (Å²) < 4.78 is 36.7. The third kappa shape index (κ3) is 12.6. The zero-order valence-corrected chi connectivity index (χ0v) is 31.2. The molecule has 0 aliphatic heterocycles. The van der Waals surface area contributed by atoms with Crippen molar-refractivity contribution in [3.05, 3.63) is 120 Å².